The van der Waals surface area contributed by atoms with Crippen LogP contribution in [0.5, 0.6) is 0 Å². The number of aryl methyl sites for hydroxylation is 2. The van der Waals surface area contributed by atoms with Crippen LogP contribution >= 0.6 is 0 Å². The smallest absolute Gasteiger partial charge is 0.291 e. The van der Waals surface area contributed by atoms with Crippen molar-refractivity contribution in [3.05, 3.63) is 23.8 Å². The van der Waals surface area contributed by atoms with E-state index in [4.69, 9.17) is 0 Å². The predicted molar refractivity (Wildman–Crippen MR) is 58.0 cm³/mol. The van der Waals surface area contributed by atoms with Crippen LogP contribution in [0.3, 0.4) is 0 Å². The van der Waals surface area contributed by atoms with E-state index in [2.05, 4.69) is 30.7 Å². The number of amides is 1. The van der Waals surface area contributed by atoms with Gasteiger partial charge in [0.15, 0.2) is 5.82 Å². The van der Waals surface area contributed by atoms with Gasteiger partial charge in [-0.15, -0.1) is 15.3 Å². The average molecular weight is 235 g/mol. The van der Waals surface area contributed by atoms with Crippen LogP contribution in [0.2, 0.25) is 0 Å². The molecule has 0 aliphatic rings. The van der Waals surface area contributed by atoms with Gasteiger partial charge in [-0.05, 0) is 13.8 Å². The molecular weight excluding hydrogens is 222 g/mol. The number of hydrogen-bond acceptors (Lipinski definition) is 5. The van der Waals surface area contributed by atoms with Crippen LogP contribution in [0.4, 0.5) is 0 Å². The Morgan fingerprint density at radius 3 is 3.06 bits per heavy atom. The number of H-pyrrole nitrogens is 1. The molecule has 8 nitrogen and oxygen atoms in total. The minimum absolute atomic E-state index is 0.130. The Hall–Kier alpha value is -2.25. The van der Waals surface area contributed by atoms with Gasteiger partial charge in [-0.25, -0.2) is 4.98 Å². The third kappa shape index (κ3) is 2.47. The van der Waals surface area contributed by atoms with Crippen molar-refractivity contribution in [1.82, 2.24) is 35.3 Å². The molecule has 17 heavy (non-hydrogen) atoms. The van der Waals surface area contributed by atoms with Crippen molar-refractivity contribution < 1.29 is 4.79 Å². The zero-order valence-corrected chi connectivity index (χ0v) is 9.64. The second kappa shape index (κ2) is 4.73. The highest BCUT2D eigenvalue weighted by Crippen LogP contribution is 1.96. The third-order valence-electron chi connectivity index (χ3n) is 2.24. The Labute approximate surface area is 97.5 Å². The number of aromatic amines is 1. The molecule has 0 bridgehead atoms. The third-order valence-corrected chi connectivity index (χ3v) is 2.24. The largest absolute Gasteiger partial charge is 0.342 e. The lowest BCUT2D eigenvalue weighted by Gasteiger charge is -2.03. The fraction of sp³-hybridized carbons (Fsp3) is 0.444. The quantitative estimate of drug-likeness (QED) is 0.754. The molecule has 2 rings (SSSR count). The molecule has 0 unspecified atom stereocenters. The number of nitrogens with zero attached hydrogens (tertiary/aromatic N) is 5. The van der Waals surface area contributed by atoms with Gasteiger partial charge in [0.25, 0.3) is 5.91 Å². The normalized spacial score (nSPS) is 10.5. The van der Waals surface area contributed by atoms with Gasteiger partial charge in [-0.2, -0.15) is 0 Å². The van der Waals surface area contributed by atoms with Crippen molar-refractivity contribution in [2.75, 3.05) is 0 Å². The lowest BCUT2D eigenvalue weighted by Crippen LogP contribution is -2.25. The molecule has 0 aliphatic heterocycles. The summed E-state index contributed by atoms with van der Waals surface area (Å²) in [5, 5.41) is 16.7. The number of nitrogens with one attached hydrogen (secondary N) is 2. The minimum Gasteiger partial charge on any atom is -0.342 e. The molecule has 2 aromatic heterocycles. The first-order chi connectivity index (χ1) is 8.20. The van der Waals surface area contributed by atoms with Gasteiger partial charge >= 0.3 is 0 Å². The summed E-state index contributed by atoms with van der Waals surface area (Å²) in [4.78, 5) is 15.6. The summed E-state index contributed by atoms with van der Waals surface area (Å²) in [6.07, 6.45) is 1.62. The van der Waals surface area contributed by atoms with E-state index in [1.807, 2.05) is 11.5 Å². The Morgan fingerprint density at radius 1 is 1.59 bits per heavy atom. The summed E-state index contributed by atoms with van der Waals surface area (Å²) in [6, 6.07) is 0. The molecule has 0 radical (unpaired) electrons. The van der Waals surface area contributed by atoms with E-state index < -0.39 is 0 Å². The average Bonchev–Trinajstić information content (AvgIpc) is 2.94. The Kier molecular flexibility index (Phi) is 3.12. The molecule has 2 heterocycles. The zero-order chi connectivity index (χ0) is 12.3. The first-order valence-corrected chi connectivity index (χ1v) is 5.24. The van der Waals surface area contributed by atoms with Crippen LogP contribution in [0.25, 0.3) is 0 Å². The van der Waals surface area contributed by atoms with E-state index >= 15 is 0 Å². The molecule has 0 aliphatic carbocycles. The van der Waals surface area contributed by atoms with Crippen molar-refractivity contribution in [1.29, 1.82) is 0 Å². The highest BCUT2D eigenvalue weighted by Gasteiger charge is 2.12. The van der Waals surface area contributed by atoms with Crippen LogP contribution in [-0.4, -0.2) is 35.9 Å². The summed E-state index contributed by atoms with van der Waals surface area (Å²) >= 11 is 0. The Bertz CT molecular complexity index is 515. The van der Waals surface area contributed by atoms with Crippen LogP contribution in [0.15, 0.2) is 6.33 Å². The maximum atomic E-state index is 11.6. The van der Waals surface area contributed by atoms with Crippen molar-refractivity contribution in [3.8, 4) is 0 Å². The SMILES string of the molecule is CCn1cnnc1CNC(=O)c1n[nH]c(C)n1. The second-order valence-corrected chi connectivity index (χ2v) is 3.46. The maximum Gasteiger partial charge on any atom is 0.291 e. The molecule has 0 saturated carbocycles. The van der Waals surface area contributed by atoms with E-state index in [-0.39, 0.29) is 11.7 Å². The van der Waals surface area contributed by atoms with Crippen LogP contribution < -0.4 is 5.32 Å². The molecular formula is C9H13N7O. The molecule has 0 fully saturated rings. The number of carbonyl (C=O) groups is 1. The highest BCUT2D eigenvalue weighted by atomic mass is 16.2. The van der Waals surface area contributed by atoms with Crippen molar-refractivity contribution in [2.24, 2.45) is 0 Å². The molecule has 1 amide bonds. The van der Waals surface area contributed by atoms with E-state index in [9.17, 15) is 4.79 Å². The van der Waals surface area contributed by atoms with Crippen LogP contribution in [-0.2, 0) is 13.1 Å². The summed E-state index contributed by atoms with van der Waals surface area (Å²) in [5.41, 5.74) is 0. The highest BCUT2D eigenvalue weighted by molar-refractivity contribution is 5.90. The molecule has 90 valence electrons. The first-order valence-electron chi connectivity index (χ1n) is 5.24. The van der Waals surface area contributed by atoms with Gasteiger partial charge in [-0.1, -0.05) is 0 Å². The standard InChI is InChI=1S/C9H13N7O/c1-3-16-5-11-14-7(16)4-10-9(17)8-12-6(2)13-15-8/h5H,3-4H2,1-2H3,(H,10,17)(H,12,13,15). The minimum atomic E-state index is -0.333. The van der Waals surface area contributed by atoms with E-state index in [1.54, 1.807) is 13.3 Å². The molecule has 0 spiro atoms. The molecule has 0 aromatic carbocycles. The summed E-state index contributed by atoms with van der Waals surface area (Å²) in [5.74, 6) is 1.10. The second-order valence-electron chi connectivity index (χ2n) is 3.46. The monoisotopic (exact) mass is 235 g/mol. The van der Waals surface area contributed by atoms with Gasteiger partial charge in [0.2, 0.25) is 5.82 Å². The van der Waals surface area contributed by atoms with Crippen molar-refractivity contribution >= 4 is 5.91 Å². The fourth-order valence-electron chi connectivity index (χ4n) is 1.36. The molecule has 0 atom stereocenters. The topological polar surface area (TPSA) is 101 Å². The summed E-state index contributed by atoms with van der Waals surface area (Å²) in [7, 11) is 0. The van der Waals surface area contributed by atoms with Gasteiger partial charge in [-0.3, -0.25) is 9.89 Å². The van der Waals surface area contributed by atoms with E-state index in [0.29, 0.717) is 18.2 Å². The lowest BCUT2D eigenvalue weighted by molar-refractivity contribution is 0.0939. The van der Waals surface area contributed by atoms with Gasteiger partial charge in [0, 0.05) is 6.54 Å². The lowest BCUT2D eigenvalue weighted by atomic mass is 10.5. The van der Waals surface area contributed by atoms with E-state index in [0.717, 1.165) is 6.54 Å². The number of rotatable bonds is 4. The zero-order valence-electron chi connectivity index (χ0n) is 9.64. The Balaban J connectivity index is 1.97. The van der Waals surface area contributed by atoms with Gasteiger partial charge in [0.1, 0.15) is 12.2 Å². The van der Waals surface area contributed by atoms with Gasteiger partial charge in [0.05, 0.1) is 6.54 Å². The van der Waals surface area contributed by atoms with E-state index in [1.165, 1.54) is 0 Å². The predicted octanol–water partition coefficient (Wildman–Crippen LogP) is -0.345. The summed E-state index contributed by atoms with van der Waals surface area (Å²) < 4.78 is 1.85. The maximum absolute atomic E-state index is 11.6. The van der Waals surface area contributed by atoms with Crippen molar-refractivity contribution in [3.63, 3.8) is 0 Å². The molecule has 0 saturated heterocycles. The molecule has 2 N–H and O–H groups in total. The van der Waals surface area contributed by atoms with Gasteiger partial charge < -0.3 is 9.88 Å². The number of aromatic nitrogens is 6. The fourth-order valence-corrected chi connectivity index (χ4v) is 1.36. The first kappa shape index (κ1) is 11.2. The van der Waals surface area contributed by atoms with Crippen LogP contribution in [0, 0.1) is 6.92 Å². The van der Waals surface area contributed by atoms with Crippen molar-refractivity contribution in [2.45, 2.75) is 26.9 Å². The number of carbonyl (C=O) groups excluding carboxylic acids is 1. The number of hydrogen-bond donors (Lipinski definition) is 2. The summed E-state index contributed by atoms with van der Waals surface area (Å²) in [6.45, 7) is 4.78. The Morgan fingerprint density at radius 2 is 2.41 bits per heavy atom. The van der Waals surface area contributed by atoms with Crippen LogP contribution in [0.1, 0.15) is 29.2 Å². The molecule has 8 heteroatoms. The molecule has 2 aromatic rings.